The summed E-state index contributed by atoms with van der Waals surface area (Å²) in [5.41, 5.74) is 0. The average molecular weight is 172 g/mol. The van der Waals surface area contributed by atoms with Crippen LogP contribution in [-0.2, 0) is 4.74 Å². The second-order valence-corrected chi connectivity index (χ2v) is 2.68. The van der Waals surface area contributed by atoms with Gasteiger partial charge in [-0.2, -0.15) is 0 Å². The normalized spacial score (nSPS) is 11.2. The molecule has 0 amide bonds. The summed E-state index contributed by atoms with van der Waals surface area (Å²) in [6.45, 7) is 3.98. The highest BCUT2D eigenvalue weighted by Crippen LogP contribution is 1.95. The standard InChI is InChI=1S/C10H20O2/c1-2-12-10-8-6-4-3-5-7-9-11/h3-4,11H,2,5-10H2,1H3/b4-3-. The summed E-state index contributed by atoms with van der Waals surface area (Å²) in [5.74, 6) is 0. The van der Waals surface area contributed by atoms with E-state index in [1.165, 1.54) is 0 Å². The van der Waals surface area contributed by atoms with Crippen molar-refractivity contribution in [2.45, 2.75) is 32.6 Å². The van der Waals surface area contributed by atoms with Gasteiger partial charge in [-0.3, -0.25) is 0 Å². The first-order valence-corrected chi connectivity index (χ1v) is 4.75. The van der Waals surface area contributed by atoms with E-state index in [-0.39, 0.29) is 0 Å². The molecule has 1 N–H and O–H groups in total. The van der Waals surface area contributed by atoms with Crippen molar-refractivity contribution in [3.8, 4) is 0 Å². The summed E-state index contributed by atoms with van der Waals surface area (Å²) in [5, 5.41) is 8.49. The molecule has 2 heteroatoms. The van der Waals surface area contributed by atoms with Crippen LogP contribution in [0.15, 0.2) is 12.2 Å². The van der Waals surface area contributed by atoms with E-state index in [0.29, 0.717) is 6.61 Å². The molecule has 0 aromatic carbocycles. The fourth-order valence-electron chi connectivity index (χ4n) is 0.892. The Morgan fingerprint density at radius 1 is 1.17 bits per heavy atom. The second-order valence-electron chi connectivity index (χ2n) is 2.68. The molecule has 0 saturated heterocycles. The van der Waals surface area contributed by atoms with Crippen molar-refractivity contribution in [2.75, 3.05) is 19.8 Å². The Kier molecular flexibility index (Phi) is 10.4. The van der Waals surface area contributed by atoms with Gasteiger partial charge in [-0.05, 0) is 32.6 Å². The summed E-state index contributed by atoms with van der Waals surface area (Å²) < 4.78 is 5.19. The molecule has 0 saturated carbocycles. The number of allylic oxidation sites excluding steroid dienone is 2. The van der Waals surface area contributed by atoms with Crippen LogP contribution >= 0.6 is 0 Å². The number of rotatable bonds is 8. The highest BCUT2D eigenvalue weighted by Gasteiger charge is 1.83. The molecular formula is C10H20O2. The maximum atomic E-state index is 8.49. The lowest BCUT2D eigenvalue weighted by atomic mass is 10.2. The predicted octanol–water partition coefficient (Wildman–Crippen LogP) is 2.13. The lowest BCUT2D eigenvalue weighted by Crippen LogP contribution is -1.91. The second kappa shape index (κ2) is 10.7. The smallest absolute Gasteiger partial charge is 0.0468 e. The van der Waals surface area contributed by atoms with Gasteiger partial charge in [0.1, 0.15) is 0 Å². The van der Waals surface area contributed by atoms with Crippen molar-refractivity contribution < 1.29 is 9.84 Å². The molecule has 0 radical (unpaired) electrons. The van der Waals surface area contributed by atoms with E-state index in [0.717, 1.165) is 38.9 Å². The molecule has 0 bridgehead atoms. The summed E-state index contributed by atoms with van der Waals surface area (Å²) in [6, 6.07) is 0. The molecule has 0 aromatic heterocycles. The molecule has 0 spiro atoms. The van der Waals surface area contributed by atoms with Crippen molar-refractivity contribution >= 4 is 0 Å². The van der Waals surface area contributed by atoms with Crippen LogP contribution in [0.1, 0.15) is 32.6 Å². The molecule has 0 aliphatic heterocycles. The van der Waals surface area contributed by atoms with Gasteiger partial charge in [0, 0.05) is 19.8 Å². The number of hydrogen-bond donors (Lipinski definition) is 1. The number of unbranched alkanes of at least 4 members (excludes halogenated alkanes) is 2. The zero-order valence-corrected chi connectivity index (χ0v) is 7.96. The van der Waals surface area contributed by atoms with E-state index in [1.54, 1.807) is 0 Å². The van der Waals surface area contributed by atoms with Gasteiger partial charge in [0.2, 0.25) is 0 Å². The monoisotopic (exact) mass is 172 g/mol. The Morgan fingerprint density at radius 2 is 1.83 bits per heavy atom. The topological polar surface area (TPSA) is 29.5 Å². The molecule has 0 unspecified atom stereocenters. The highest BCUT2D eigenvalue weighted by atomic mass is 16.5. The van der Waals surface area contributed by atoms with Crippen LogP contribution in [0, 0.1) is 0 Å². The Labute approximate surface area is 75.2 Å². The van der Waals surface area contributed by atoms with Crippen molar-refractivity contribution in [3.05, 3.63) is 12.2 Å². The van der Waals surface area contributed by atoms with Gasteiger partial charge in [0.15, 0.2) is 0 Å². The van der Waals surface area contributed by atoms with Crippen LogP contribution < -0.4 is 0 Å². The molecule has 0 aliphatic carbocycles. The molecule has 0 aromatic rings. The minimum absolute atomic E-state index is 0.295. The molecule has 12 heavy (non-hydrogen) atoms. The van der Waals surface area contributed by atoms with Crippen LogP contribution in [0.4, 0.5) is 0 Å². The molecule has 2 nitrogen and oxygen atoms in total. The maximum Gasteiger partial charge on any atom is 0.0468 e. The Morgan fingerprint density at radius 3 is 2.42 bits per heavy atom. The van der Waals surface area contributed by atoms with E-state index in [4.69, 9.17) is 9.84 Å². The zero-order chi connectivity index (χ0) is 9.07. The van der Waals surface area contributed by atoms with Gasteiger partial charge in [-0.25, -0.2) is 0 Å². The minimum atomic E-state index is 0.295. The van der Waals surface area contributed by atoms with Crippen LogP contribution in [0.2, 0.25) is 0 Å². The predicted molar refractivity (Wildman–Crippen MR) is 51.2 cm³/mol. The third kappa shape index (κ3) is 9.66. The van der Waals surface area contributed by atoms with Crippen molar-refractivity contribution in [2.24, 2.45) is 0 Å². The highest BCUT2D eigenvalue weighted by molar-refractivity contribution is 4.81. The molecule has 0 fully saturated rings. The lowest BCUT2D eigenvalue weighted by molar-refractivity contribution is 0.145. The molecule has 0 rings (SSSR count). The third-order valence-electron chi connectivity index (χ3n) is 1.56. The first kappa shape index (κ1) is 11.7. The first-order valence-electron chi connectivity index (χ1n) is 4.75. The van der Waals surface area contributed by atoms with E-state index in [2.05, 4.69) is 12.2 Å². The Bertz CT molecular complexity index is 100. The van der Waals surface area contributed by atoms with Crippen LogP contribution in [0.3, 0.4) is 0 Å². The maximum absolute atomic E-state index is 8.49. The van der Waals surface area contributed by atoms with Gasteiger partial charge in [-0.15, -0.1) is 0 Å². The number of aliphatic hydroxyl groups is 1. The average Bonchev–Trinajstić information content (AvgIpc) is 2.10. The van der Waals surface area contributed by atoms with Crippen molar-refractivity contribution in [1.82, 2.24) is 0 Å². The van der Waals surface area contributed by atoms with Gasteiger partial charge < -0.3 is 9.84 Å². The van der Waals surface area contributed by atoms with E-state index in [1.807, 2.05) is 6.92 Å². The summed E-state index contributed by atoms with van der Waals surface area (Å²) in [4.78, 5) is 0. The third-order valence-corrected chi connectivity index (χ3v) is 1.56. The van der Waals surface area contributed by atoms with Gasteiger partial charge in [0.25, 0.3) is 0 Å². The van der Waals surface area contributed by atoms with E-state index in [9.17, 15) is 0 Å². The van der Waals surface area contributed by atoms with Crippen LogP contribution in [0.5, 0.6) is 0 Å². The Balaban J connectivity index is 2.92. The van der Waals surface area contributed by atoms with Gasteiger partial charge in [-0.1, -0.05) is 12.2 Å². The zero-order valence-electron chi connectivity index (χ0n) is 7.96. The first-order chi connectivity index (χ1) is 5.91. The van der Waals surface area contributed by atoms with Crippen LogP contribution in [0.25, 0.3) is 0 Å². The van der Waals surface area contributed by atoms with E-state index < -0.39 is 0 Å². The molecular weight excluding hydrogens is 152 g/mol. The van der Waals surface area contributed by atoms with Crippen molar-refractivity contribution in [1.29, 1.82) is 0 Å². The Hall–Kier alpha value is -0.340. The minimum Gasteiger partial charge on any atom is -0.396 e. The number of aliphatic hydroxyl groups excluding tert-OH is 1. The molecule has 0 atom stereocenters. The number of hydrogen-bond acceptors (Lipinski definition) is 2. The number of ether oxygens (including phenoxy) is 1. The summed E-state index contributed by atoms with van der Waals surface area (Å²) in [6.07, 6.45) is 8.35. The summed E-state index contributed by atoms with van der Waals surface area (Å²) in [7, 11) is 0. The van der Waals surface area contributed by atoms with Gasteiger partial charge in [0.05, 0.1) is 0 Å². The van der Waals surface area contributed by atoms with Crippen LogP contribution in [-0.4, -0.2) is 24.9 Å². The fraction of sp³-hybridized carbons (Fsp3) is 0.800. The molecule has 0 heterocycles. The SMILES string of the molecule is CCOCCC/C=C\CCCO. The molecule has 72 valence electrons. The van der Waals surface area contributed by atoms with E-state index >= 15 is 0 Å². The fourth-order valence-corrected chi connectivity index (χ4v) is 0.892. The summed E-state index contributed by atoms with van der Waals surface area (Å²) >= 11 is 0. The lowest BCUT2D eigenvalue weighted by Gasteiger charge is -1.96. The molecule has 0 aliphatic rings. The quantitative estimate of drug-likeness (QED) is 0.449. The van der Waals surface area contributed by atoms with Gasteiger partial charge >= 0.3 is 0 Å². The largest absolute Gasteiger partial charge is 0.396 e. The van der Waals surface area contributed by atoms with Crippen molar-refractivity contribution in [3.63, 3.8) is 0 Å².